The molecule has 2 heteroatoms. The van der Waals surface area contributed by atoms with Crippen LogP contribution in [0.3, 0.4) is 0 Å². The highest BCUT2D eigenvalue weighted by molar-refractivity contribution is 9.10. The zero-order chi connectivity index (χ0) is 15.0. The van der Waals surface area contributed by atoms with Gasteiger partial charge in [-0.15, -0.1) is 0 Å². The average Bonchev–Trinajstić information content (AvgIpc) is 2.39. The van der Waals surface area contributed by atoms with Crippen molar-refractivity contribution in [2.45, 2.75) is 39.4 Å². The van der Waals surface area contributed by atoms with Crippen molar-refractivity contribution in [3.05, 3.63) is 67.7 Å². The molecule has 1 atom stereocenters. The average molecular weight is 396 g/mol. The molecule has 0 aliphatic rings. The lowest BCUT2D eigenvalue weighted by Crippen LogP contribution is -2.04. The third kappa shape index (κ3) is 2.87. The summed E-state index contributed by atoms with van der Waals surface area (Å²) in [5.41, 5.74) is 9.54. The molecule has 0 amide bonds. The summed E-state index contributed by atoms with van der Waals surface area (Å²) in [6.07, 6.45) is 0. The van der Waals surface area contributed by atoms with Gasteiger partial charge in [-0.25, -0.2) is 0 Å². The molecule has 0 nitrogen and oxygen atoms in total. The molecule has 0 spiro atoms. The molecule has 106 valence electrons. The largest absolute Gasteiger partial charge is 0.0786 e. The fourth-order valence-corrected chi connectivity index (χ4v) is 4.23. The standard InChI is InChI=1S/C18H20Br2/c1-10-6-7-15(19)9-16(10)18(20)17-13(4)11(2)8-12(3)14(17)5/h6-9,18H,1-5H3. The second-order valence-corrected chi connectivity index (χ2v) is 7.37. The first-order chi connectivity index (χ1) is 9.32. The maximum absolute atomic E-state index is 3.93. The van der Waals surface area contributed by atoms with Gasteiger partial charge in [0, 0.05) is 4.47 Å². The number of halogens is 2. The van der Waals surface area contributed by atoms with Gasteiger partial charge in [-0.3, -0.25) is 0 Å². The molecule has 20 heavy (non-hydrogen) atoms. The Bertz CT molecular complexity index is 631. The molecule has 0 bridgehead atoms. The van der Waals surface area contributed by atoms with Crippen LogP contribution in [0.2, 0.25) is 0 Å². The van der Waals surface area contributed by atoms with Crippen LogP contribution in [0, 0.1) is 34.6 Å². The van der Waals surface area contributed by atoms with Crippen LogP contribution < -0.4 is 0 Å². The zero-order valence-electron chi connectivity index (χ0n) is 12.6. The number of alkyl halides is 1. The van der Waals surface area contributed by atoms with Crippen LogP contribution in [-0.4, -0.2) is 0 Å². The molecule has 0 aliphatic heterocycles. The van der Waals surface area contributed by atoms with Crippen molar-refractivity contribution in [3.63, 3.8) is 0 Å². The van der Waals surface area contributed by atoms with Gasteiger partial charge in [-0.2, -0.15) is 0 Å². The molecule has 0 radical (unpaired) electrons. The van der Waals surface area contributed by atoms with Gasteiger partial charge in [0.25, 0.3) is 0 Å². The van der Waals surface area contributed by atoms with Gasteiger partial charge in [0.05, 0.1) is 4.83 Å². The summed E-state index contributed by atoms with van der Waals surface area (Å²) in [5.74, 6) is 0. The summed E-state index contributed by atoms with van der Waals surface area (Å²) >= 11 is 7.51. The molecular formula is C18H20Br2. The van der Waals surface area contributed by atoms with Gasteiger partial charge in [0.1, 0.15) is 0 Å². The van der Waals surface area contributed by atoms with E-state index >= 15 is 0 Å². The Balaban J connectivity index is 2.65. The van der Waals surface area contributed by atoms with E-state index in [1.807, 2.05) is 0 Å². The Hall–Kier alpha value is -0.600. The number of hydrogen-bond donors (Lipinski definition) is 0. The van der Waals surface area contributed by atoms with E-state index in [9.17, 15) is 0 Å². The highest BCUT2D eigenvalue weighted by Crippen LogP contribution is 2.39. The van der Waals surface area contributed by atoms with E-state index in [1.165, 1.54) is 38.9 Å². The summed E-state index contributed by atoms with van der Waals surface area (Å²) in [6.45, 7) is 11.0. The lowest BCUT2D eigenvalue weighted by atomic mass is 9.89. The van der Waals surface area contributed by atoms with E-state index in [0.717, 1.165) is 4.47 Å². The van der Waals surface area contributed by atoms with Crippen molar-refractivity contribution in [3.8, 4) is 0 Å². The van der Waals surface area contributed by atoms with Gasteiger partial charge in [0.15, 0.2) is 0 Å². The first kappa shape index (κ1) is 15.8. The molecule has 0 saturated carbocycles. The smallest absolute Gasteiger partial charge is 0.0652 e. The van der Waals surface area contributed by atoms with Crippen LogP contribution in [0.5, 0.6) is 0 Å². The van der Waals surface area contributed by atoms with Crippen molar-refractivity contribution in [2.75, 3.05) is 0 Å². The second kappa shape index (κ2) is 6.03. The van der Waals surface area contributed by atoms with E-state index in [-0.39, 0.29) is 4.83 Å². The summed E-state index contributed by atoms with van der Waals surface area (Å²) in [5, 5.41) is 0. The fourth-order valence-electron chi connectivity index (χ4n) is 2.67. The van der Waals surface area contributed by atoms with E-state index in [1.54, 1.807) is 0 Å². The van der Waals surface area contributed by atoms with Crippen LogP contribution in [0.1, 0.15) is 43.8 Å². The van der Waals surface area contributed by atoms with Crippen molar-refractivity contribution >= 4 is 31.9 Å². The normalized spacial score (nSPS) is 12.6. The monoisotopic (exact) mass is 394 g/mol. The molecule has 0 aromatic heterocycles. The fraction of sp³-hybridized carbons (Fsp3) is 0.333. The quantitative estimate of drug-likeness (QED) is 0.510. The molecule has 2 aromatic rings. The van der Waals surface area contributed by atoms with Gasteiger partial charge < -0.3 is 0 Å². The molecule has 2 aromatic carbocycles. The summed E-state index contributed by atoms with van der Waals surface area (Å²) in [6, 6.07) is 8.76. The van der Waals surface area contributed by atoms with Gasteiger partial charge in [0.2, 0.25) is 0 Å². The van der Waals surface area contributed by atoms with Crippen molar-refractivity contribution < 1.29 is 0 Å². The van der Waals surface area contributed by atoms with Gasteiger partial charge in [-0.1, -0.05) is 44.0 Å². The number of rotatable bonds is 2. The molecule has 0 heterocycles. The van der Waals surface area contributed by atoms with Crippen LogP contribution in [0.15, 0.2) is 28.7 Å². The minimum absolute atomic E-state index is 0.235. The third-order valence-electron chi connectivity index (χ3n) is 4.19. The highest BCUT2D eigenvalue weighted by atomic mass is 79.9. The van der Waals surface area contributed by atoms with Crippen LogP contribution in [-0.2, 0) is 0 Å². The van der Waals surface area contributed by atoms with Gasteiger partial charge in [-0.05, 0) is 85.7 Å². The van der Waals surface area contributed by atoms with Crippen LogP contribution in [0.25, 0.3) is 0 Å². The zero-order valence-corrected chi connectivity index (χ0v) is 15.8. The number of hydrogen-bond acceptors (Lipinski definition) is 0. The van der Waals surface area contributed by atoms with Crippen molar-refractivity contribution in [1.29, 1.82) is 0 Å². The van der Waals surface area contributed by atoms with E-state index in [0.29, 0.717) is 0 Å². The Morgan fingerprint density at radius 2 is 1.35 bits per heavy atom. The van der Waals surface area contributed by atoms with Gasteiger partial charge >= 0.3 is 0 Å². The minimum Gasteiger partial charge on any atom is -0.0786 e. The minimum atomic E-state index is 0.235. The SMILES string of the molecule is Cc1ccc(Br)cc1C(Br)c1c(C)c(C)cc(C)c1C. The van der Waals surface area contributed by atoms with E-state index < -0.39 is 0 Å². The Morgan fingerprint density at radius 1 is 0.800 bits per heavy atom. The first-order valence-corrected chi connectivity index (χ1v) is 8.51. The Morgan fingerprint density at radius 3 is 1.90 bits per heavy atom. The first-order valence-electron chi connectivity index (χ1n) is 6.80. The van der Waals surface area contributed by atoms with Crippen molar-refractivity contribution in [2.24, 2.45) is 0 Å². The highest BCUT2D eigenvalue weighted by Gasteiger charge is 2.19. The summed E-state index contributed by atoms with van der Waals surface area (Å²) in [4.78, 5) is 0.235. The molecule has 1 unspecified atom stereocenters. The van der Waals surface area contributed by atoms with E-state index in [2.05, 4.69) is 90.7 Å². The van der Waals surface area contributed by atoms with E-state index in [4.69, 9.17) is 0 Å². The molecule has 2 rings (SSSR count). The third-order valence-corrected chi connectivity index (χ3v) is 5.64. The topological polar surface area (TPSA) is 0 Å². The summed E-state index contributed by atoms with van der Waals surface area (Å²) < 4.78 is 1.13. The maximum Gasteiger partial charge on any atom is 0.0652 e. The molecule has 0 N–H and O–H groups in total. The lowest BCUT2D eigenvalue weighted by Gasteiger charge is -2.22. The number of aryl methyl sites for hydroxylation is 3. The summed E-state index contributed by atoms with van der Waals surface area (Å²) in [7, 11) is 0. The Kier molecular flexibility index (Phi) is 4.76. The predicted octanol–water partition coefficient (Wildman–Crippen LogP) is 6.48. The second-order valence-electron chi connectivity index (χ2n) is 5.54. The number of benzene rings is 2. The molecule has 0 saturated heterocycles. The van der Waals surface area contributed by atoms with Crippen LogP contribution >= 0.6 is 31.9 Å². The van der Waals surface area contributed by atoms with Crippen LogP contribution in [0.4, 0.5) is 0 Å². The predicted molar refractivity (Wildman–Crippen MR) is 95.0 cm³/mol. The molecule has 0 aliphatic carbocycles. The lowest BCUT2D eigenvalue weighted by molar-refractivity contribution is 1.06. The van der Waals surface area contributed by atoms with Crippen molar-refractivity contribution in [1.82, 2.24) is 0 Å². The molecule has 0 fully saturated rings. The molecular weight excluding hydrogens is 376 g/mol. The Labute approximate surface area is 138 Å². The maximum atomic E-state index is 3.93.